The summed E-state index contributed by atoms with van der Waals surface area (Å²) in [4.78, 5) is 1.78. The number of nitrogens with one attached hydrogen (secondary N) is 1. The quantitative estimate of drug-likeness (QED) is 0.699. The van der Waals surface area contributed by atoms with E-state index in [1.807, 2.05) is 12.1 Å². The summed E-state index contributed by atoms with van der Waals surface area (Å²) < 4.78 is 0. The highest BCUT2D eigenvalue weighted by Crippen LogP contribution is 2.45. The number of likely N-dealkylation sites (tertiary alicyclic amines) is 1. The van der Waals surface area contributed by atoms with Crippen LogP contribution in [0.25, 0.3) is 0 Å². The summed E-state index contributed by atoms with van der Waals surface area (Å²) >= 11 is 0. The molecule has 0 spiro atoms. The molecule has 25 heavy (non-hydrogen) atoms. The van der Waals surface area contributed by atoms with Gasteiger partial charge in [-0.15, -0.1) is 0 Å². The van der Waals surface area contributed by atoms with E-state index < -0.39 is 0 Å². The topological polar surface area (TPSA) is 48.5 Å². The minimum absolute atomic E-state index is 0. The number of nitriles is 1. The molecule has 0 saturated carbocycles. The Morgan fingerprint density at radius 2 is 2.04 bits per heavy atom. The third-order valence-corrected chi connectivity index (χ3v) is 6.78. The largest absolute Gasteiger partial charge is 1.00 e. The maximum absolute atomic E-state index is 9.92. The Hall–Kier alpha value is -1.24. The zero-order valence-corrected chi connectivity index (χ0v) is 16.3. The fourth-order valence-electron chi connectivity index (χ4n) is 5.06. The van der Waals surface area contributed by atoms with E-state index in [1.54, 1.807) is 4.90 Å². The molecule has 1 heterocycles. The summed E-state index contributed by atoms with van der Waals surface area (Å²) in [7, 11) is 0. The van der Waals surface area contributed by atoms with Gasteiger partial charge in [-0.2, -0.15) is 5.26 Å². The molecule has 0 amide bonds. The number of fused-ring (bicyclic) bond motifs is 4. The molecular weight excluding hydrogens is 332 g/mol. The highest BCUT2D eigenvalue weighted by Gasteiger charge is 2.50. The van der Waals surface area contributed by atoms with Crippen LogP contribution >= 0.6 is 0 Å². The molecular formula is C21H31ClN2O. The van der Waals surface area contributed by atoms with E-state index in [4.69, 9.17) is 5.26 Å². The van der Waals surface area contributed by atoms with Gasteiger partial charge in [-0.3, -0.25) is 0 Å². The Morgan fingerprint density at radius 3 is 2.80 bits per heavy atom. The average Bonchev–Trinajstić information content (AvgIpc) is 2.56. The van der Waals surface area contributed by atoms with Gasteiger partial charge in [0.25, 0.3) is 0 Å². The SMILES string of the molecule is C[C@@H]1[C@@H]2Cc3ccc(O)cc3[C@@]1(C)CC[NH+]2CCCCCCC#N.[Cl-]. The maximum atomic E-state index is 9.92. The molecule has 2 N–H and O–H groups in total. The standard InChI is InChI=1S/C21H30N2O.ClH/c1-16-20-14-17-8-9-18(24)15-19(17)21(16,2)10-13-23(20)12-7-5-3-4-6-11-22;/h8-9,15-16,20,24H,3-7,10,12-14H2,1-2H3;1H/t16-,20+,21+;/m1./s1. The van der Waals surface area contributed by atoms with Gasteiger partial charge in [0.15, 0.2) is 0 Å². The molecule has 2 bridgehead atoms. The van der Waals surface area contributed by atoms with E-state index in [0.717, 1.165) is 12.8 Å². The van der Waals surface area contributed by atoms with Gasteiger partial charge >= 0.3 is 0 Å². The summed E-state index contributed by atoms with van der Waals surface area (Å²) in [5.41, 5.74) is 3.05. The summed E-state index contributed by atoms with van der Waals surface area (Å²) in [6.45, 7) is 7.34. The zero-order valence-electron chi connectivity index (χ0n) is 15.5. The van der Waals surface area contributed by atoms with Crippen molar-refractivity contribution in [3.63, 3.8) is 0 Å². The highest BCUT2D eigenvalue weighted by atomic mass is 35.5. The Labute approximate surface area is 158 Å². The van der Waals surface area contributed by atoms with Crippen LogP contribution in [-0.4, -0.2) is 24.2 Å². The number of quaternary nitrogens is 1. The molecule has 138 valence electrons. The highest BCUT2D eigenvalue weighted by molar-refractivity contribution is 5.43. The lowest BCUT2D eigenvalue weighted by Gasteiger charge is -2.52. The van der Waals surface area contributed by atoms with Gasteiger partial charge in [0.2, 0.25) is 0 Å². The second-order valence-corrected chi connectivity index (χ2v) is 8.09. The second-order valence-electron chi connectivity index (χ2n) is 8.09. The van der Waals surface area contributed by atoms with Crippen molar-refractivity contribution in [2.75, 3.05) is 13.1 Å². The van der Waals surface area contributed by atoms with Crippen LogP contribution in [0.15, 0.2) is 18.2 Å². The predicted molar refractivity (Wildman–Crippen MR) is 96.1 cm³/mol. The fraction of sp³-hybridized carbons (Fsp3) is 0.667. The molecule has 1 aliphatic carbocycles. The van der Waals surface area contributed by atoms with Crippen molar-refractivity contribution in [3.8, 4) is 11.8 Å². The van der Waals surface area contributed by atoms with Gasteiger partial charge in [0.05, 0.1) is 25.2 Å². The molecule has 0 radical (unpaired) electrons. The van der Waals surface area contributed by atoms with Gasteiger partial charge in [-0.05, 0) is 42.5 Å². The maximum Gasteiger partial charge on any atom is 0.115 e. The van der Waals surface area contributed by atoms with Gasteiger partial charge in [0, 0.05) is 30.6 Å². The molecule has 1 aromatic rings. The Bertz CT molecular complexity index is 627. The first-order chi connectivity index (χ1) is 11.6. The monoisotopic (exact) mass is 362 g/mol. The molecule has 1 aromatic carbocycles. The van der Waals surface area contributed by atoms with Crippen molar-refractivity contribution in [2.45, 2.75) is 70.3 Å². The molecule has 0 aromatic heterocycles. The number of unbranched alkanes of at least 4 members (excludes halogenated alkanes) is 4. The van der Waals surface area contributed by atoms with Crippen molar-refractivity contribution in [3.05, 3.63) is 29.3 Å². The first-order valence-corrected chi connectivity index (χ1v) is 9.60. The van der Waals surface area contributed by atoms with Crippen LogP contribution in [0.3, 0.4) is 0 Å². The number of piperidine rings is 1. The number of hydrogen-bond acceptors (Lipinski definition) is 2. The lowest BCUT2D eigenvalue weighted by Crippen LogP contribution is -3.18. The van der Waals surface area contributed by atoms with E-state index in [0.29, 0.717) is 24.1 Å². The number of phenols is 1. The number of aromatic hydroxyl groups is 1. The molecule has 1 unspecified atom stereocenters. The summed E-state index contributed by atoms with van der Waals surface area (Å²) in [6, 6.07) is 8.96. The molecule has 4 atom stereocenters. The third kappa shape index (κ3) is 3.96. The first-order valence-electron chi connectivity index (χ1n) is 9.60. The number of hydrogen-bond donors (Lipinski definition) is 2. The zero-order chi connectivity index (χ0) is 17.2. The third-order valence-electron chi connectivity index (χ3n) is 6.78. The minimum Gasteiger partial charge on any atom is -1.00 e. The van der Waals surface area contributed by atoms with Crippen LogP contribution < -0.4 is 17.3 Å². The lowest BCUT2D eigenvalue weighted by atomic mass is 9.59. The van der Waals surface area contributed by atoms with Gasteiger partial charge < -0.3 is 22.4 Å². The number of nitrogens with zero attached hydrogens (tertiary/aromatic N) is 1. The Kier molecular flexibility index (Phi) is 6.77. The fourth-order valence-corrected chi connectivity index (χ4v) is 5.06. The average molecular weight is 363 g/mol. The summed E-state index contributed by atoms with van der Waals surface area (Å²) in [5.74, 6) is 1.07. The van der Waals surface area contributed by atoms with E-state index >= 15 is 0 Å². The normalized spacial score (nSPS) is 30.0. The number of phenolic OH excluding ortho intramolecular Hbond substituents is 1. The van der Waals surface area contributed by atoms with Crippen molar-refractivity contribution >= 4 is 0 Å². The minimum atomic E-state index is 0. The molecule has 3 nitrogen and oxygen atoms in total. The van der Waals surface area contributed by atoms with Crippen molar-refractivity contribution in [1.82, 2.24) is 0 Å². The van der Waals surface area contributed by atoms with Gasteiger partial charge in [-0.25, -0.2) is 0 Å². The van der Waals surface area contributed by atoms with Crippen molar-refractivity contribution < 1.29 is 22.4 Å². The van der Waals surface area contributed by atoms with Gasteiger partial charge in [-0.1, -0.05) is 26.3 Å². The van der Waals surface area contributed by atoms with Crippen LogP contribution in [0.2, 0.25) is 0 Å². The number of rotatable bonds is 6. The van der Waals surface area contributed by atoms with E-state index in [1.165, 1.54) is 49.9 Å². The number of halogens is 1. The molecule has 2 aliphatic rings. The summed E-state index contributed by atoms with van der Waals surface area (Å²) in [5, 5.41) is 18.5. The molecule has 3 rings (SSSR count). The van der Waals surface area contributed by atoms with Crippen LogP contribution in [0.4, 0.5) is 0 Å². The second kappa shape index (κ2) is 8.43. The van der Waals surface area contributed by atoms with E-state index in [-0.39, 0.29) is 17.8 Å². The molecule has 1 fully saturated rings. The molecule has 4 heteroatoms. The van der Waals surface area contributed by atoms with Crippen LogP contribution in [0, 0.1) is 17.2 Å². The first kappa shape index (κ1) is 20.1. The van der Waals surface area contributed by atoms with Crippen molar-refractivity contribution in [1.29, 1.82) is 5.26 Å². The van der Waals surface area contributed by atoms with Gasteiger partial charge in [0.1, 0.15) is 5.75 Å². The Balaban J connectivity index is 0.00000225. The van der Waals surface area contributed by atoms with Crippen LogP contribution in [-0.2, 0) is 11.8 Å². The lowest BCUT2D eigenvalue weighted by molar-refractivity contribution is -0.937. The predicted octanol–water partition coefficient (Wildman–Crippen LogP) is -0.0226. The summed E-state index contributed by atoms with van der Waals surface area (Å²) in [6.07, 6.45) is 7.86. The number of benzene rings is 1. The van der Waals surface area contributed by atoms with E-state index in [2.05, 4.69) is 26.0 Å². The van der Waals surface area contributed by atoms with E-state index in [9.17, 15) is 5.11 Å². The molecule has 1 saturated heterocycles. The van der Waals surface area contributed by atoms with Crippen LogP contribution in [0.5, 0.6) is 5.75 Å². The van der Waals surface area contributed by atoms with Crippen molar-refractivity contribution in [2.24, 2.45) is 5.92 Å². The smallest absolute Gasteiger partial charge is 0.115 e. The van der Waals surface area contributed by atoms with Crippen LogP contribution in [0.1, 0.15) is 63.5 Å². The Morgan fingerprint density at radius 1 is 1.28 bits per heavy atom. The molecule has 1 aliphatic heterocycles.